The second kappa shape index (κ2) is 3.31. The first-order valence-electron chi connectivity index (χ1n) is 2.35. The first-order chi connectivity index (χ1) is 4.33. The smallest absolute Gasteiger partial charge is 0.222 e. The van der Waals surface area contributed by atoms with E-state index in [1.807, 2.05) is 0 Å². The summed E-state index contributed by atoms with van der Waals surface area (Å²) in [6.45, 7) is 0. The first kappa shape index (κ1) is 7.21. The molecule has 0 radical (unpaired) electrons. The summed E-state index contributed by atoms with van der Waals surface area (Å²) in [6, 6.07) is 0. The average Bonchev–Trinajstić information content (AvgIpc) is 1.90. The fourth-order valence-corrected chi connectivity index (χ4v) is 0.900. The van der Waals surface area contributed by atoms with Gasteiger partial charge in [-0.15, -0.1) is 0 Å². The van der Waals surface area contributed by atoms with Crippen molar-refractivity contribution in [2.45, 2.75) is 4.43 Å². The van der Waals surface area contributed by atoms with E-state index >= 15 is 0 Å². The van der Waals surface area contributed by atoms with Crippen molar-refractivity contribution in [2.24, 2.45) is 0 Å². The molecule has 0 bridgehead atoms. The van der Waals surface area contributed by atoms with Gasteiger partial charge in [-0.05, 0) is 17.2 Å². The normalized spacial score (nSPS) is 9.56. The highest BCUT2D eigenvalue weighted by Crippen LogP contribution is 2.04. The van der Waals surface area contributed by atoms with Gasteiger partial charge in [-0.2, -0.15) is 0 Å². The second-order valence-electron chi connectivity index (χ2n) is 1.49. The van der Waals surface area contributed by atoms with Crippen molar-refractivity contribution in [3.63, 3.8) is 0 Å². The average molecular weight is 254 g/mol. The molecule has 0 N–H and O–H groups in total. The molecule has 48 valence electrons. The van der Waals surface area contributed by atoms with Gasteiger partial charge in [0.2, 0.25) is 5.28 Å². The minimum absolute atomic E-state index is 0.309. The Morgan fingerprint density at radius 3 is 2.44 bits per heavy atom. The summed E-state index contributed by atoms with van der Waals surface area (Å²) in [4.78, 5) is 7.60. The minimum Gasteiger partial charge on any atom is -0.226 e. The first-order valence-corrected chi connectivity index (χ1v) is 4.25. The van der Waals surface area contributed by atoms with Gasteiger partial charge in [0.25, 0.3) is 0 Å². The summed E-state index contributed by atoms with van der Waals surface area (Å²) in [6.07, 6.45) is 3.45. The summed E-state index contributed by atoms with van der Waals surface area (Å²) in [5, 5.41) is 0.309. The van der Waals surface area contributed by atoms with Crippen LogP contribution in [0.2, 0.25) is 5.28 Å². The maximum Gasteiger partial charge on any atom is 0.222 e. The van der Waals surface area contributed by atoms with E-state index in [1.165, 1.54) is 0 Å². The van der Waals surface area contributed by atoms with Gasteiger partial charge in [-0.3, -0.25) is 0 Å². The molecule has 9 heavy (non-hydrogen) atoms. The molecule has 0 saturated carbocycles. The predicted molar refractivity (Wildman–Crippen MR) is 44.8 cm³/mol. The molecule has 0 unspecified atom stereocenters. The minimum atomic E-state index is 0.309. The Morgan fingerprint density at radius 1 is 1.44 bits per heavy atom. The van der Waals surface area contributed by atoms with Gasteiger partial charge < -0.3 is 0 Å². The van der Waals surface area contributed by atoms with E-state index in [0.717, 1.165) is 9.99 Å². The largest absolute Gasteiger partial charge is 0.226 e. The van der Waals surface area contributed by atoms with Gasteiger partial charge >= 0.3 is 0 Å². The molecule has 0 saturated heterocycles. The van der Waals surface area contributed by atoms with E-state index in [4.69, 9.17) is 11.6 Å². The van der Waals surface area contributed by atoms with Gasteiger partial charge in [0.15, 0.2) is 0 Å². The lowest BCUT2D eigenvalue weighted by Crippen LogP contribution is -1.83. The molecule has 2 nitrogen and oxygen atoms in total. The van der Waals surface area contributed by atoms with Crippen LogP contribution in [0.25, 0.3) is 0 Å². The zero-order valence-electron chi connectivity index (χ0n) is 4.51. The standard InChI is InChI=1S/C5H4ClIN2/c6-5-8-2-4(1-7)3-9-5/h2-3H,1H2. The van der Waals surface area contributed by atoms with E-state index in [1.54, 1.807) is 12.4 Å². The Balaban J connectivity index is 2.88. The van der Waals surface area contributed by atoms with E-state index in [0.29, 0.717) is 5.28 Å². The maximum atomic E-state index is 5.44. The molecule has 0 spiro atoms. The molecule has 0 aromatic carbocycles. The van der Waals surface area contributed by atoms with Crippen LogP contribution in [0.3, 0.4) is 0 Å². The molecular formula is C5H4ClIN2. The van der Waals surface area contributed by atoms with Gasteiger partial charge in [0, 0.05) is 16.8 Å². The Hall–Kier alpha value is 0.1000. The summed E-state index contributed by atoms with van der Waals surface area (Å²) in [5.74, 6) is 0. The predicted octanol–water partition coefficient (Wildman–Crippen LogP) is 2.06. The molecule has 1 aromatic rings. The van der Waals surface area contributed by atoms with Crippen molar-refractivity contribution in [2.75, 3.05) is 0 Å². The summed E-state index contributed by atoms with van der Waals surface area (Å²) < 4.78 is 0.926. The Labute approximate surface area is 71.8 Å². The highest BCUT2D eigenvalue weighted by atomic mass is 127. The van der Waals surface area contributed by atoms with Gasteiger partial charge in [0.1, 0.15) is 0 Å². The highest BCUT2D eigenvalue weighted by Gasteiger charge is 1.89. The third kappa shape index (κ3) is 2.06. The number of hydrogen-bond donors (Lipinski definition) is 0. The lowest BCUT2D eigenvalue weighted by atomic mass is 10.4. The van der Waals surface area contributed by atoms with Crippen molar-refractivity contribution in [1.82, 2.24) is 9.97 Å². The van der Waals surface area contributed by atoms with Crippen LogP contribution in [-0.2, 0) is 4.43 Å². The van der Waals surface area contributed by atoms with Crippen molar-refractivity contribution in [3.05, 3.63) is 23.2 Å². The number of aromatic nitrogens is 2. The van der Waals surface area contributed by atoms with Crippen molar-refractivity contribution >= 4 is 34.2 Å². The molecule has 0 aliphatic rings. The van der Waals surface area contributed by atoms with Crippen LogP contribution in [0.4, 0.5) is 0 Å². The van der Waals surface area contributed by atoms with Crippen LogP contribution in [0, 0.1) is 0 Å². The molecule has 0 aliphatic carbocycles. The fraction of sp³-hybridized carbons (Fsp3) is 0.200. The summed E-state index contributed by atoms with van der Waals surface area (Å²) >= 11 is 7.69. The van der Waals surface area contributed by atoms with E-state index in [9.17, 15) is 0 Å². The van der Waals surface area contributed by atoms with E-state index in [-0.39, 0.29) is 0 Å². The number of rotatable bonds is 1. The zero-order valence-corrected chi connectivity index (χ0v) is 7.43. The third-order valence-electron chi connectivity index (χ3n) is 0.828. The fourth-order valence-electron chi connectivity index (χ4n) is 0.408. The lowest BCUT2D eigenvalue weighted by molar-refractivity contribution is 1.13. The van der Waals surface area contributed by atoms with Crippen LogP contribution in [-0.4, -0.2) is 9.97 Å². The van der Waals surface area contributed by atoms with Gasteiger partial charge in [0.05, 0.1) is 0 Å². The SMILES string of the molecule is Clc1ncc(CI)cn1. The van der Waals surface area contributed by atoms with Crippen LogP contribution in [0.5, 0.6) is 0 Å². The lowest BCUT2D eigenvalue weighted by Gasteiger charge is -1.90. The number of alkyl halides is 1. The molecule has 0 amide bonds. The molecule has 1 rings (SSSR count). The number of halogens is 2. The van der Waals surface area contributed by atoms with Crippen LogP contribution in [0.15, 0.2) is 12.4 Å². The van der Waals surface area contributed by atoms with Gasteiger partial charge in [-0.25, -0.2) is 9.97 Å². The molecule has 0 atom stereocenters. The Kier molecular flexibility index (Phi) is 2.65. The summed E-state index contributed by atoms with van der Waals surface area (Å²) in [5.41, 5.74) is 1.10. The quantitative estimate of drug-likeness (QED) is 0.435. The summed E-state index contributed by atoms with van der Waals surface area (Å²) in [7, 11) is 0. The molecular weight excluding hydrogens is 250 g/mol. The maximum absolute atomic E-state index is 5.44. The van der Waals surface area contributed by atoms with Gasteiger partial charge in [-0.1, -0.05) is 22.6 Å². The molecule has 0 aliphatic heterocycles. The number of nitrogens with zero attached hydrogens (tertiary/aromatic N) is 2. The van der Waals surface area contributed by atoms with Crippen molar-refractivity contribution in [1.29, 1.82) is 0 Å². The monoisotopic (exact) mass is 254 g/mol. The third-order valence-corrected chi connectivity index (χ3v) is 1.90. The Bertz CT molecular complexity index is 187. The molecule has 4 heteroatoms. The number of hydrogen-bond acceptors (Lipinski definition) is 2. The highest BCUT2D eigenvalue weighted by molar-refractivity contribution is 14.1. The molecule has 1 aromatic heterocycles. The topological polar surface area (TPSA) is 25.8 Å². The van der Waals surface area contributed by atoms with Crippen LogP contribution in [0.1, 0.15) is 5.56 Å². The van der Waals surface area contributed by atoms with Crippen molar-refractivity contribution in [3.8, 4) is 0 Å². The second-order valence-corrected chi connectivity index (χ2v) is 2.59. The van der Waals surface area contributed by atoms with E-state index < -0.39 is 0 Å². The molecule has 0 fully saturated rings. The van der Waals surface area contributed by atoms with Crippen LogP contribution < -0.4 is 0 Å². The Morgan fingerprint density at radius 2 is 2.00 bits per heavy atom. The molecule has 1 heterocycles. The van der Waals surface area contributed by atoms with Crippen LogP contribution >= 0.6 is 34.2 Å². The zero-order chi connectivity index (χ0) is 6.69. The van der Waals surface area contributed by atoms with E-state index in [2.05, 4.69) is 32.6 Å². The van der Waals surface area contributed by atoms with Crippen molar-refractivity contribution < 1.29 is 0 Å².